The van der Waals surface area contributed by atoms with Gasteiger partial charge in [0.15, 0.2) is 9.84 Å². The van der Waals surface area contributed by atoms with Crippen LogP contribution in [-0.4, -0.2) is 75.3 Å². The van der Waals surface area contributed by atoms with Gasteiger partial charge in [0.05, 0.1) is 16.9 Å². The van der Waals surface area contributed by atoms with Crippen molar-refractivity contribution >= 4 is 21.4 Å². The lowest BCUT2D eigenvalue weighted by molar-refractivity contribution is -0.197. The maximum absolute atomic E-state index is 14.1. The summed E-state index contributed by atoms with van der Waals surface area (Å²) in [5, 5.41) is 13.9. The molecule has 6 aliphatic carbocycles. The molecule has 8 atom stereocenters. The van der Waals surface area contributed by atoms with E-state index < -0.39 is 27.9 Å². The molecule has 324 valence electrons. The Balaban J connectivity index is 1.08. The van der Waals surface area contributed by atoms with E-state index in [1.54, 1.807) is 11.1 Å². The number of aliphatic carboxylic acids is 1. The Hall–Kier alpha value is -2.55. The maximum Gasteiger partial charge on any atom is 0.312 e. The van der Waals surface area contributed by atoms with Crippen molar-refractivity contribution in [2.45, 2.75) is 119 Å². The number of hydrogen-bond acceptors (Lipinski definition) is 5. The van der Waals surface area contributed by atoms with Crippen LogP contribution in [0.4, 0.5) is 4.39 Å². The number of carbonyl (C=O) groups is 1. The quantitative estimate of drug-likeness (QED) is 0.216. The van der Waals surface area contributed by atoms with Gasteiger partial charge >= 0.3 is 5.97 Å². The molecular weight excluding hydrogens is 756 g/mol. The minimum absolute atomic E-state index is 0.0168. The Morgan fingerprint density at radius 2 is 1.64 bits per heavy atom. The van der Waals surface area contributed by atoms with Crippen LogP contribution in [0, 0.1) is 56.2 Å². The van der Waals surface area contributed by atoms with Gasteiger partial charge in [-0.05, 0) is 157 Å². The monoisotopic (exact) mass is 829 g/mol. The smallest absolute Gasteiger partial charge is 0.312 e. The van der Waals surface area contributed by atoms with Crippen LogP contribution in [0.15, 0.2) is 70.9 Å². The molecule has 1 aromatic rings. The number of sulfone groups is 1. The Kier molecular flexibility index (Phi) is 11.2. The molecule has 2 N–H and O–H groups in total. The Morgan fingerprint density at radius 3 is 2.29 bits per heavy atom. The van der Waals surface area contributed by atoms with E-state index in [9.17, 15) is 22.7 Å². The zero-order valence-electron chi connectivity index (χ0n) is 37.3. The highest BCUT2D eigenvalue weighted by molar-refractivity contribution is 7.91. The number of allylic oxidation sites excluding steroid dienone is 6. The summed E-state index contributed by atoms with van der Waals surface area (Å²) in [6.45, 7) is 21.1. The van der Waals surface area contributed by atoms with Gasteiger partial charge in [-0.1, -0.05) is 103 Å². The lowest BCUT2D eigenvalue weighted by Crippen LogP contribution is -2.64. The van der Waals surface area contributed by atoms with Crippen molar-refractivity contribution in [2.75, 3.05) is 50.9 Å². The van der Waals surface area contributed by atoms with Crippen molar-refractivity contribution < 1.29 is 22.7 Å². The summed E-state index contributed by atoms with van der Waals surface area (Å²) in [5.41, 5.74) is 8.00. The van der Waals surface area contributed by atoms with Crippen molar-refractivity contribution in [2.24, 2.45) is 56.2 Å². The average molecular weight is 829 g/mol. The molecule has 0 bridgehead atoms. The molecule has 1 aliphatic heterocycles. The first-order valence-electron chi connectivity index (χ1n) is 23.2. The minimum Gasteiger partial charge on any atom is -0.481 e. The number of benzene rings is 1. The number of hydrogen-bond donors (Lipinski definition) is 2. The van der Waals surface area contributed by atoms with E-state index in [0.717, 1.165) is 38.9 Å². The van der Waals surface area contributed by atoms with E-state index in [1.165, 1.54) is 54.4 Å². The van der Waals surface area contributed by atoms with Gasteiger partial charge in [-0.15, -0.1) is 0 Å². The molecule has 7 aliphatic rings. The van der Waals surface area contributed by atoms with E-state index in [2.05, 4.69) is 107 Å². The topological polar surface area (TPSA) is 86.7 Å². The van der Waals surface area contributed by atoms with Crippen LogP contribution in [0.5, 0.6) is 0 Å². The second-order valence-corrected chi connectivity index (χ2v) is 24.2. The van der Waals surface area contributed by atoms with Crippen LogP contribution in [-0.2, 0) is 14.6 Å². The summed E-state index contributed by atoms with van der Waals surface area (Å²) in [5.74, 6) is 1.65. The summed E-state index contributed by atoms with van der Waals surface area (Å²) in [7, 11) is -2.87. The first kappa shape index (κ1) is 43.1. The van der Waals surface area contributed by atoms with E-state index in [1.807, 2.05) is 0 Å². The molecule has 8 rings (SSSR count). The second kappa shape index (κ2) is 15.4. The SMILES string of the molecule is CC(C)C1=C2[C@H]3CC[C@@H]4[C@@]5(C)CC=C(C6=CCC(CF)(C(=O)O)CC6)C(C)(C)[C@@H]5CC[C@@]4(C)[C@]3(C)CC[C@@]2(CNCCCN2CCS(=O)(=O)CC2)C=C1c1ccccc1. The predicted octanol–water partition coefficient (Wildman–Crippen LogP) is 10.5. The third-order valence-electron chi connectivity index (χ3n) is 18.5. The number of halogens is 1. The van der Waals surface area contributed by atoms with Gasteiger partial charge in [0.2, 0.25) is 0 Å². The first-order chi connectivity index (χ1) is 27.9. The Bertz CT molecular complexity index is 2040. The van der Waals surface area contributed by atoms with E-state index >= 15 is 0 Å². The van der Waals surface area contributed by atoms with Crippen LogP contribution in [0.1, 0.15) is 125 Å². The molecule has 0 aromatic heterocycles. The maximum atomic E-state index is 14.1. The molecule has 4 fully saturated rings. The second-order valence-electron chi connectivity index (χ2n) is 21.9. The van der Waals surface area contributed by atoms with E-state index in [4.69, 9.17) is 0 Å². The highest BCUT2D eigenvalue weighted by Gasteiger charge is 2.69. The van der Waals surface area contributed by atoms with Crippen LogP contribution in [0.3, 0.4) is 0 Å². The number of nitrogens with zero attached hydrogens (tertiary/aromatic N) is 1. The van der Waals surface area contributed by atoms with Gasteiger partial charge in [0.1, 0.15) is 6.67 Å². The molecule has 8 heteroatoms. The van der Waals surface area contributed by atoms with Gasteiger partial charge < -0.3 is 15.3 Å². The van der Waals surface area contributed by atoms with Crippen LogP contribution in [0.2, 0.25) is 0 Å². The van der Waals surface area contributed by atoms with Gasteiger partial charge in [0, 0.05) is 25.0 Å². The van der Waals surface area contributed by atoms with E-state index in [-0.39, 0.29) is 45.0 Å². The lowest BCUT2D eigenvalue weighted by Gasteiger charge is -2.71. The molecule has 1 aromatic carbocycles. The molecular formula is C51H73FN2O4S. The fraction of sp³-hybridized carbons (Fsp3) is 0.706. The number of carboxylic acid groups (broad SMARTS) is 1. The Labute approximate surface area is 355 Å². The van der Waals surface area contributed by atoms with Crippen molar-refractivity contribution in [3.63, 3.8) is 0 Å². The van der Waals surface area contributed by atoms with Gasteiger partial charge in [-0.25, -0.2) is 12.8 Å². The number of alkyl halides is 1. The van der Waals surface area contributed by atoms with Crippen LogP contribution < -0.4 is 5.32 Å². The van der Waals surface area contributed by atoms with E-state index in [0.29, 0.717) is 49.6 Å². The fourth-order valence-corrected chi connectivity index (χ4v) is 16.3. The third-order valence-corrected chi connectivity index (χ3v) is 20.1. The molecule has 59 heavy (non-hydrogen) atoms. The Morgan fingerprint density at radius 1 is 0.915 bits per heavy atom. The number of rotatable bonds is 11. The summed E-state index contributed by atoms with van der Waals surface area (Å²) >= 11 is 0. The molecule has 1 unspecified atom stereocenters. The number of carboxylic acids is 1. The van der Waals surface area contributed by atoms with Crippen molar-refractivity contribution in [3.05, 3.63) is 76.4 Å². The summed E-state index contributed by atoms with van der Waals surface area (Å²) in [6, 6.07) is 11.1. The first-order valence-corrected chi connectivity index (χ1v) is 25.0. The highest BCUT2D eigenvalue weighted by Crippen LogP contribution is 2.77. The molecule has 3 saturated carbocycles. The number of nitrogens with one attached hydrogen (secondary N) is 1. The molecule has 1 heterocycles. The van der Waals surface area contributed by atoms with Gasteiger partial charge in [0.25, 0.3) is 0 Å². The number of fused-ring (bicyclic) bond motifs is 7. The summed E-state index contributed by atoms with van der Waals surface area (Å²) in [4.78, 5) is 14.4. The van der Waals surface area contributed by atoms with Crippen LogP contribution >= 0.6 is 0 Å². The third kappa shape index (κ3) is 6.91. The lowest BCUT2D eigenvalue weighted by atomic mass is 9.33. The standard InChI is InChI=1S/C51H73FN2O4S/c1-35(2)43-38(36-12-9-8-10-13-36)32-51(34-53-26-11-27-54-28-30-59(57,58)31-29-54)25-24-48(6)40(44(43)51)14-15-42-47(5)20-18-39(46(3,4)41(47)19-21-49(42,48)7)37-16-22-50(33-52,23-17-37)45(55)56/h8-10,12-13,16,18,32,35,40-42,53H,11,14-15,17,19-31,33-34H2,1-7H3,(H,55,56)/t40-,41+,42-,47+,48-,49-,50?,51+/m1/s1. The molecule has 0 radical (unpaired) electrons. The molecule has 0 amide bonds. The largest absolute Gasteiger partial charge is 0.481 e. The van der Waals surface area contributed by atoms with Crippen molar-refractivity contribution in [3.8, 4) is 0 Å². The molecule has 0 spiro atoms. The minimum atomic E-state index is -2.87. The highest BCUT2D eigenvalue weighted by atomic mass is 32.2. The normalized spacial score (nSPS) is 39.0. The summed E-state index contributed by atoms with van der Waals surface area (Å²) in [6.07, 6.45) is 18.0. The van der Waals surface area contributed by atoms with Crippen molar-refractivity contribution in [1.29, 1.82) is 0 Å². The van der Waals surface area contributed by atoms with Crippen LogP contribution in [0.25, 0.3) is 5.57 Å². The predicted molar refractivity (Wildman–Crippen MR) is 238 cm³/mol. The molecule has 1 saturated heterocycles. The average Bonchev–Trinajstić information content (AvgIpc) is 3.55. The fourth-order valence-electron chi connectivity index (χ4n) is 15.0. The molecule has 6 nitrogen and oxygen atoms in total. The summed E-state index contributed by atoms with van der Waals surface area (Å²) < 4.78 is 38.1. The van der Waals surface area contributed by atoms with Crippen molar-refractivity contribution in [1.82, 2.24) is 10.2 Å². The zero-order valence-corrected chi connectivity index (χ0v) is 38.1. The van der Waals surface area contributed by atoms with Gasteiger partial charge in [-0.3, -0.25) is 4.79 Å². The zero-order chi connectivity index (χ0) is 42.2. The van der Waals surface area contributed by atoms with Gasteiger partial charge in [-0.2, -0.15) is 0 Å².